The summed E-state index contributed by atoms with van der Waals surface area (Å²) >= 11 is 6.58. The highest BCUT2D eigenvalue weighted by atomic mass is 32.2. The van der Waals surface area contributed by atoms with Gasteiger partial charge in [-0.3, -0.25) is 4.79 Å². The topological polar surface area (TPSA) is 46.1 Å². The van der Waals surface area contributed by atoms with E-state index in [0.717, 1.165) is 33.9 Å². The molecule has 0 saturated carbocycles. The van der Waals surface area contributed by atoms with Crippen molar-refractivity contribution in [3.63, 3.8) is 0 Å². The summed E-state index contributed by atoms with van der Waals surface area (Å²) in [6.45, 7) is 5.63. The predicted octanol–water partition coefficient (Wildman–Crippen LogP) is 3.78. The Morgan fingerprint density at radius 1 is 1.45 bits per heavy atom. The van der Waals surface area contributed by atoms with Gasteiger partial charge in [0.15, 0.2) is 8.68 Å². The molecule has 1 atom stereocenters. The van der Waals surface area contributed by atoms with E-state index in [9.17, 15) is 4.79 Å². The highest BCUT2D eigenvalue weighted by molar-refractivity contribution is 8.03. The van der Waals surface area contributed by atoms with Crippen molar-refractivity contribution < 1.29 is 4.79 Å². The van der Waals surface area contributed by atoms with E-state index in [1.54, 1.807) is 34.4 Å². The Labute approximate surface area is 146 Å². The lowest BCUT2D eigenvalue weighted by Crippen LogP contribution is -2.39. The number of thioether (sulfide) groups is 2. The van der Waals surface area contributed by atoms with Gasteiger partial charge < -0.3 is 4.90 Å². The normalized spacial score (nSPS) is 15.6. The van der Waals surface area contributed by atoms with E-state index in [4.69, 9.17) is 0 Å². The second kappa shape index (κ2) is 7.33. The number of hydrogen-bond donors (Lipinski definition) is 0. The van der Waals surface area contributed by atoms with Crippen molar-refractivity contribution >= 4 is 52.1 Å². The second-order valence-electron chi connectivity index (χ2n) is 4.91. The van der Waals surface area contributed by atoms with Gasteiger partial charge in [-0.05, 0) is 36.1 Å². The van der Waals surface area contributed by atoms with Crippen LogP contribution in [0.5, 0.6) is 0 Å². The molecule has 0 aromatic carbocycles. The molecule has 0 N–H and O–H groups in total. The molecule has 0 saturated heterocycles. The van der Waals surface area contributed by atoms with Crippen molar-refractivity contribution in [2.24, 2.45) is 0 Å². The predicted molar refractivity (Wildman–Crippen MR) is 95.1 cm³/mol. The molecule has 1 unspecified atom stereocenters. The minimum Gasteiger partial charge on any atom is -0.337 e. The number of nitrogens with zero attached hydrogens (tertiary/aromatic N) is 3. The van der Waals surface area contributed by atoms with Gasteiger partial charge in [0.1, 0.15) is 0 Å². The third-order valence-corrected chi connectivity index (χ3v) is 7.53. The van der Waals surface area contributed by atoms with Gasteiger partial charge >= 0.3 is 0 Å². The first kappa shape index (κ1) is 16.3. The molecule has 4 nitrogen and oxygen atoms in total. The van der Waals surface area contributed by atoms with Crippen LogP contribution in [0.4, 0.5) is 0 Å². The fourth-order valence-corrected chi connectivity index (χ4v) is 6.36. The van der Waals surface area contributed by atoms with Crippen molar-refractivity contribution in [3.8, 4) is 0 Å². The van der Waals surface area contributed by atoms with E-state index < -0.39 is 0 Å². The fourth-order valence-electron chi connectivity index (χ4n) is 2.32. The number of aromatic nitrogens is 2. The molecule has 0 spiro atoms. The van der Waals surface area contributed by atoms with Crippen LogP contribution in [0.25, 0.3) is 0 Å². The zero-order valence-electron chi connectivity index (χ0n) is 12.4. The number of hydrogen-bond acceptors (Lipinski definition) is 7. The maximum Gasteiger partial charge on any atom is 0.236 e. The molecule has 1 aliphatic heterocycles. The van der Waals surface area contributed by atoms with Gasteiger partial charge in [-0.2, -0.15) is 0 Å². The van der Waals surface area contributed by atoms with Gasteiger partial charge in [0.25, 0.3) is 0 Å². The van der Waals surface area contributed by atoms with Crippen molar-refractivity contribution in [1.29, 1.82) is 0 Å². The maximum atomic E-state index is 12.6. The zero-order valence-corrected chi connectivity index (χ0v) is 15.7. The monoisotopic (exact) mass is 371 g/mol. The van der Waals surface area contributed by atoms with Crippen LogP contribution < -0.4 is 0 Å². The first-order valence-electron chi connectivity index (χ1n) is 7.14. The number of rotatable bonds is 5. The zero-order chi connectivity index (χ0) is 15.5. The molecule has 118 valence electrons. The average molecular weight is 372 g/mol. The molecule has 0 bridgehead atoms. The quantitative estimate of drug-likeness (QED) is 0.749. The molecule has 8 heteroatoms. The van der Waals surface area contributed by atoms with E-state index in [0.29, 0.717) is 0 Å². The highest BCUT2D eigenvalue weighted by Gasteiger charge is 2.26. The summed E-state index contributed by atoms with van der Waals surface area (Å²) in [7, 11) is 0. The lowest BCUT2D eigenvalue weighted by molar-refractivity contribution is -0.131. The molecular formula is C14H17N3OS4. The third kappa shape index (κ3) is 3.67. The number of carbonyl (C=O) groups excluding carboxylic acids is 1. The summed E-state index contributed by atoms with van der Waals surface area (Å²) in [4.78, 5) is 16.0. The van der Waals surface area contributed by atoms with Gasteiger partial charge in [0.05, 0.1) is 5.25 Å². The number of fused-ring (bicyclic) bond motifs is 1. The van der Waals surface area contributed by atoms with E-state index >= 15 is 0 Å². The summed E-state index contributed by atoms with van der Waals surface area (Å²) in [6, 6.07) is 2.14. The van der Waals surface area contributed by atoms with Crippen LogP contribution in [-0.2, 0) is 17.8 Å². The van der Waals surface area contributed by atoms with Crippen LogP contribution in [0, 0.1) is 0 Å². The van der Waals surface area contributed by atoms with E-state index in [2.05, 4.69) is 28.6 Å². The number of amides is 1. The molecule has 2 aromatic heterocycles. The molecule has 1 amide bonds. The molecular weight excluding hydrogens is 354 g/mol. The second-order valence-corrected chi connectivity index (χ2v) is 9.98. The first-order chi connectivity index (χ1) is 10.7. The summed E-state index contributed by atoms with van der Waals surface area (Å²) in [5.74, 6) is 1.19. The molecule has 2 aromatic rings. The van der Waals surface area contributed by atoms with E-state index in [1.165, 1.54) is 22.2 Å². The third-order valence-electron chi connectivity index (χ3n) is 3.40. The minimum absolute atomic E-state index is 0.118. The van der Waals surface area contributed by atoms with Crippen LogP contribution >= 0.6 is 46.2 Å². The Balaban J connectivity index is 1.60. The molecule has 0 radical (unpaired) electrons. The Hall–Kier alpha value is -0.570. The van der Waals surface area contributed by atoms with Crippen LogP contribution in [-0.4, -0.2) is 38.6 Å². The van der Waals surface area contributed by atoms with Crippen LogP contribution in [0.2, 0.25) is 0 Å². The van der Waals surface area contributed by atoms with Crippen LogP contribution in [0.3, 0.4) is 0 Å². The number of thiophene rings is 1. The molecule has 3 rings (SSSR count). The largest absolute Gasteiger partial charge is 0.337 e. The van der Waals surface area contributed by atoms with Gasteiger partial charge in [0.2, 0.25) is 5.91 Å². The smallest absolute Gasteiger partial charge is 0.236 e. The SMILES string of the molecule is CCSc1nnc(SC(C)C(=O)N2CCc3sccc3C2)s1. The molecule has 1 aliphatic rings. The first-order valence-corrected chi connectivity index (χ1v) is 10.7. The Morgan fingerprint density at radius 3 is 3.09 bits per heavy atom. The standard InChI is InChI=1S/C14H17N3OS4/c1-3-19-13-15-16-14(22-13)21-9(2)12(18)17-6-4-11-10(8-17)5-7-20-11/h5,7,9H,3-4,6,8H2,1-2H3. The molecule has 22 heavy (non-hydrogen) atoms. The Morgan fingerprint density at radius 2 is 2.27 bits per heavy atom. The highest BCUT2D eigenvalue weighted by Crippen LogP contribution is 2.32. The van der Waals surface area contributed by atoms with E-state index in [-0.39, 0.29) is 11.2 Å². The number of carbonyl (C=O) groups is 1. The summed E-state index contributed by atoms with van der Waals surface area (Å²) in [5, 5.41) is 10.3. The van der Waals surface area contributed by atoms with Gasteiger partial charge in [-0.25, -0.2) is 0 Å². The van der Waals surface area contributed by atoms with Crippen molar-refractivity contribution in [1.82, 2.24) is 15.1 Å². The lowest BCUT2D eigenvalue weighted by atomic mass is 10.1. The summed E-state index contributed by atoms with van der Waals surface area (Å²) in [6.07, 6.45) is 0.978. The van der Waals surface area contributed by atoms with Crippen molar-refractivity contribution in [3.05, 3.63) is 21.9 Å². The van der Waals surface area contributed by atoms with Crippen molar-refractivity contribution in [2.45, 2.75) is 40.7 Å². The van der Waals surface area contributed by atoms with Gasteiger partial charge in [-0.15, -0.1) is 21.5 Å². The van der Waals surface area contributed by atoms with Crippen molar-refractivity contribution in [2.75, 3.05) is 12.3 Å². The van der Waals surface area contributed by atoms with Crippen LogP contribution in [0.1, 0.15) is 24.3 Å². The molecule has 3 heterocycles. The summed E-state index contributed by atoms with van der Waals surface area (Å²) in [5.41, 5.74) is 1.30. The van der Waals surface area contributed by atoms with Gasteiger partial charge in [-0.1, -0.05) is 41.8 Å². The Bertz CT molecular complexity index is 654. The average Bonchev–Trinajstić information content (AvgIpc) is 3.15. The van der Waals surface area contributed by atoms with Crippen LogP contribution in [0.15, 0.2) is 20.1 Å². The summed E-state index contributed by atoms with van der Waals surface area (Å²) < 4.78 is 1.86. The maximum absolute atomic E-state index is 12.6. The molecule has 0 aliphatic carbocycles. The molecule has 0 fully saturated rings. The Kier molecular flexibility index (Phi) is 5.43. The van der Waals surface area contributed by atoms with Gasteiger partial charge in [0, 0.05) is 18.0 Å². The van der Waals surface area contributed by atoms with E-state index in [1.807, 2.05) is 11.8 Å². The lowest BCUT2D eigenvalue weighted by Gasteiger charge is -2.28. The fraction of sp³-hybridized carbons (Fsp3) is 0.500. The minimum atomic E-state index is -0.118.